The van der Waals surface area contributed by atoms with Crippen molar-refractivity contribution in [3.63, 3.8) is 0 Å². The number of halogens is 3. The van der Waals surface area contributed by atoms with Crippen LogP contribution in [-0.4, -0.2) is 50.8 Å². The minimum atomic E-state index is -4.41. The van der Waals surface area contributed by atoms with Gasteiger partial charge in [-0.15, -0.1) is 10.2 Å². The minimum Gasteiger partial charge on any atom is -0.389 e. The molecule has 23 heavy (non-hydrogen) atoms. The third-order valence-electron chi connectivity index (χ3n) is 3.05. The Labute approximate surface area is 130 Å². The molecule has 0 aliphatic heterocycles. The van der Waals surface area contributed by atoms with Crippen LogP contribution in [-0.2, 0) is 17.7 Å². The van der Waals surface area contributed by atoms with Crippen LogP contribution in [0.3, 0.4) is 0 Å². The Hall–Kier alpha value is -2.00. The number of aryl methyl sites for hydroxylation is 1. The summed E-state index contributed by atoms with van der Waals surface area (Å²) in [5, 5.41) is 21.4. The first kappa shape index (κ1) is 17.4. The molecule has 0 bridgehead atoms. The van der Waals surface area contributed by atoms with Gasteiger partial charge in [-0.3, -0.25) is 0 Å². The monoisotopic (exact) mass is 330 g/mol. The fourth-order valence-corrected chi connectivity index (χ4v) is 1.96. The van der Waals surface area contributed by atoms with Crippen LogP contribution in [0.2, 0.25) is 0 Å². The van der Waals surface area contributed by atoms with Crippen molar-refractivity contribution in [3.05, 3.63) is 41.2 Å². The van der Waals surface area contributed by atoms with Gasteiger partial charge in [0.15, 0.2) is 5.82 Å². The molecule has 1 unspecified atom stereocenters. The number of nitrogens with zero attached hydrogens (tertiary/aromatic N) is 4. The van der Waals surface area contributed by atoms with Crippen LogP contribution < -0.4 is 0 Å². The van der Waals surface area contributed by atoms with Crippen LogP contribution in [0.4, 0.5) is 13.2 Å². The first-order chi connectivity index (χ1) is 10.8. The Morgan fingerprint density at radius 2 is 2.04 bits per heavy atom. The maximum Gasteiger partial charge on any atom is 0.411 e. The molecule has 0 aliphatic carbocycles. The Kier molecular flexibility index (Phi) is 5.67. The van der Waals surface area contributed by atoms with E-state index in [1.807, 2.05) is 31.2 Å². The van der Waals surface area contributed by atoms with Gasteiger partial charge in [0.05, 0.1) is 19.3 Å². The number of benzene rings is 1. The molecule has 0 saturated carbocycles. The van der Waals surface area contributed by atoms with Gasteiger partial charge in [0.1, 0.15) is 6.61 Å². The first-order valence-corrected chi connectivity index (χ1v) is 6.97. The largest absolute Gasteiger partial charge is 0.411 e. The minimum absolute atomic E-state index is 0.0847. The molecule has 1 aromatic carbocycles. The molecule has 126 valence electrons. The summed E-state index contributed by atoms with van der Waals surface area (Å²) < 4.78 is 40.2. The highest BCUT2D eigenvalue weighted by molar-refractivity contribution is 5.27. The number of aliphatic hydroxyl groups is 1. The Balaban J connectivity index is 1.84. The predicted molar refractivity (Wildman–Crippen MR) is 74.7 cm³/mol. The topological polar surface area (TPSA) is 73.1 Å². The van der Waals surface area contributed by atoms with Crippen molar-refractivity contribution >= 4 is 0 Å². The van der Waals surface area contributed by atoms with E-state index in [1.165, 1.54) is 0 Å². The van der Waals surface area contributed by atoms with Gasteiger partial charge < -0.3 is 9.84 Å². The lowest BCUT2D eigenvalue weighted by Crippen LogP contribution is -2.26. The van der Waals surface area contributed by atoms with Crippen LogP contribution in [0.5, 0.6) is 0 Å². The van der Waals surface area contributed by atoms with Gasteiger partial charge in [0.2, 0.25) is 0 Å². The number of aliphatic hydroxyl groups excluding tert-OH is 1. The molecular weight excluding hydrogens is 313 g/mol. The number of rotatable bonds is 7. The fraction of sp³-hybridized carbons (Fsp3) is 0.500. The van der Waals surface area contributed by atoms with Crippen LogP contribution in [0.15, 0.2) is 24.3 Å². The van der Waals surface area contributed by atoms with Crippen molar-refractivity contribution in [2.24, 2.45) is 0 Å². The number of tetrazole rings is 1. The van der Waals surface area contributed by atoms with E-state index in [0.717, 1.165) is 15.9 Å². The second-order valence-electron chi connectivity index (χ2n) is 5.15. The van der Waals surface area contributed by atoms with Gasteiger partial charge in [-0.1, -0.05) is 24.3 Å². The van der Waals surface area contributed by atoms with Crippen LogP contribution >= 0.6 is 0 Å². The summed E-state index contributed by atoms with van der Waals surface area (Å²) >= 11 is 0. The fourth-order valence-electron chi connectivity index (χ4n) is 1.96. The first-order valence-electron chi connectivity index (χ1n) is 6.97. The van der Waals surface area contributed by atoms with E-state index in [1.54, 1.807) is 0 Å². The molecule has 0 aliphatic rings. The summed E-state index contributed by atoms with van der Waals surface area (Å²) in [4.78, 5) is 1.15. The summed E-state index contributed by atoms with van der Waals surface area (Å²) in [5.74, 6) is 0.475. The van der Waals surface area contributed by atoms with Crippen LogP contribution in [0.1, 0.15) is 17.0 Å². The average molecular weight is 330 g/mol. The maximum atomic E-state index is 11.9. The maximum absolute atomic E-state index is 11.9. The van der Waals surface area contributed by atoms with Crippen LogP contribution in [0.25, 0.3) is 0 Å². The number of alkyl halides is 3. The van der Waals surface area contributed by atoms with Gasteiger partial charge in [-0.05, 0) is 23.3 Å². The molecule has 1 atom stereocenters. The lowest BCUT2D eigenvalue weighted by molar-refractivity contribution is -0.179. The predicted octanol–water partition coefficient (Wildman–Crippen LogP) is 1.51. The van der Waals surface area contributed by atoms with E-state index >= 15 is 0 Å². The number of hydrogen-bond acceptors (Lipinski definition) is 5. The molecule has 0 radical (unpaired) electrons. The van der Waals surface area contributed by atoms with Gasteiger partial charge in [-0.2, -0.15) is 18.0 Å². The molecule has 2 rings (SSSR count). The molecule has 6 nitrogen and oxygen atoms in total. The molecule has 1 aromatic heterocycles. The van der Waals surface area contributed by atoms with Gasteiger partial charge >= 0.3 is 6.18 Å². The van der Waals surface area contributed by atoms with Gasteiger partial charge in [-0.25, -0.2) is 0 Å². The SMILES string of the molecule is Cc1ccccc1Cc1nnn(CC(O)COCC(F)(F)F)n1. The summed E-state index contributed by atoms with van der Waals surface area (Å²) in [6.07, 6.45) is -5.06. The molecule has 0 amide bonds. The zero-order valence-corrected chi connectivity index (χ0v) is 12.5. The third-order valence-corrected chi connectivity index (χ3v) is 3.05. The third kappa shape index (κ3) is 5.95. The molecule has 1 heterocycles. The summed E-state index contributed by atoms with van der Waals surface area (Å²) in [7, 11) is 0. The van der Waals surface area contributed by atoms with Crippen LogP contribution in [0, 0.1) is 6.92 Å². The molecule has 9 heteroatoms. The summed E-state index contributed by atoms with van der Waals surface area (Å²) in [6.45, 7) is 0.0433. The van der Waals surface area contributed by atoms with E-state index < -0.39 is 25.5 Å². The zero-order chi connectivity index (χ0) is 16.9. The molecule has 0 spiro atoms. The summed E-state index contributed by atoms with van der Waals surface area (Å²) in [6, 6.07) is 7.77. The molecule has 1 N–H and O–H groups in total. The second kappa shape index (κ2) is 7.51. The lowest BCUT2D eigenvalue weighted by Gasteiger charge is -2.11. The van der Waals surface area contributed by atoms with E-state index in [4.69, 9.17) is 0 Å². The highest BCUT2D eigenvalue weighted by Crippen LogP contribution is 2.14. The smallest absolute Gasteiger partial charge is 0.389 e. The van der Waals surface area contributed by atoms with E-state index in [0.29, 0.717) is 12.2 Å². The Bertz CT molecular complexity index is 630. The van der Waals surface area contributed by atoms with Crippen molar-refractivity contribution in [1.29, 1.82) is 0 Å². The quantitative estimate of drug-likeness (QED) is 0.833. The zero-order valence-electron chi connectivity index (χ0n) is 12.5. The highest BCUT2D eigenvalue weighted by Gasteiger charge is 2.27. The second-order valence-corrected chi connectivity index (χ2v) is 5.15. The van der Waals surface area contributed by atoms with Gasteiger partial charge in [0.25, 0.3) is 0 Å². The molecule has 2 aromatic rings. The van der Waals surface area contributed by atoms with Gasteiger partial charge in [0, 0.05) is 6.42 Å². The average Bonchev–Trinajstić information content (AvgIpc) is 2.87. The normalized spacial score (nSPS) is 13.3. The highest BCUT2D eigenvalue weighted by atomic mass is 19.4. The summed E-state index contributed by atoms with van der Waals surface area (Å²) in [5.41, 5.74) is 2.16. The Morgan fingerprint density at radius 1 is 1.30 bits per heavy atom. The Morgan fingerprint density at radius 3 is 2.74 bits per heavy atom. The number of ether oxygens (including phenoxy) is 1. The van der Waals surface area contributed by atoms with Crippen molar-refractivity contribution in [1.82, 2.24) is 20.2 Å². The molecule has 0 saturated heterocycles. The van der Waals surface area contributed by atoms with E-state index in [9.17, 15) is 18.3 Å². The van der Waals surface area contributed by atoms with Crippen molar-refractivity contribution in [2.45, 2.75) is 32.2 Å². The standard InChI is InChI=1S/C14H17F3N4O2/c1-10-4-2-3-5-11(10)6-13-18-20-21(19-13)7-12(22)8-23-9-14(15,16)17/h2-5,12,22H,6-9H2,1H3. The number of hydrogen-bond donors (Lipinski definition) is 1. The van der Waals surface area contributed by atoms with Crippen molar-refractivity contribution < 1.29 is 23.0 Å². The van der Waals surface area contributed by atoms with Crippen molar-refractivity contribution in [2.75, 3.05) is 13.2 Å². The van der Waals surface area contributed by atoms with Crippen molar-refractivity contribution in [3.8, 4) is 0 Å². The molecule has 0 fully saturated rings. The lowest BCUT2D eigenvalue weighted by atomic mass is 10.1. The van der Waals surface area contributed by atoms with E-state index in [-0.39, 0.29) is 6.54 Å². The molecular formula is C14H17F3N4O2. The number of aromatic nitrogens is 4. The van der Waals surface area contributed by atoms with E-state index in [2.05, 4.69) is 20.1 Å².